The van der Waals surface area contributed by atoms with Crippen molar-refractivity contribution in [3.05, 3.63) is 30.3 Å². The molecule has 0 fully saturated rings. The van der Waals surface area contributed by atoms with Crippen LogP contribution >= 0.6 is 0 Å². The second-order valence-electron chi connectivity index (χ2n) is 4.72. The maximum absolute atomic E-state index is 11.9. The second kappa shape index (κ2) is 8.07. The van der Waals surface area contributed by atoms with Gasteiger partial charge in [-0.1, -0.05) is 18.2 Å². The molecule has 106 valence electrons. The van der Waals surface area contributed by atoms with Gasteiger partial charge in [-0.2, -0.15) is 0 Å². The van der Waals surface area contributed by atoms with Gasteiger partial charge in [-0.05, 0) is 33.0 Å². The molecule has 0 saturated heterocycles. The molecule has 0 aliphatic heterocycles. The maximum Gasteiger partial charge on any atom is 0.234 e. The van der Waals surface area contributed by atoms with Gasteiger partial charge in [0.25, 0.3) is 0 Å². The molecule has 1 amide bonds. The van der Waals surface area contributed by atoms with Gasteiger partial charge in [0.2, 0.25) is 5.91 Å². The van der Waals surface area contributed by atoms with Crippen molar-refractivity contribution >= 4 is 16.7 Å². The minimum atomic E-state index is -1.05. The molecule has 0 bridgehead atoms. The molecule has 0 aliphatic carbocycles. The van der Waals surface area contributed by atoms with Gasteiger partial charge in [0.05, 0.1) is 17.3 Å². The summed E-state index contributed by atoms with van der Waals surface area (Å²) in [4.78, 5) is 14.4. The molecule has 4 nitrogen and oxygen atoms in total. The highest BCUT2D eigenvalue weighted by Gasteiger charge is 2.09. The molecule has 1 N–H and O–H groups in total. The molecule has 1 rings (SSSR count). The molecule has 0 unspecified atom stereocenters. The van der Waals surface area contributed by atoms with Crippen LogP contribution in [0.4, 0.5) is 0 Å². The summed E-state index contributed by atoms with van der Waals surface area (Å²) in [7, 11) is 0.859. The second-order valence-corrected chi connectivity index (χ2v) is 6.29. The first-order valence-electron chi connectivity index (χ1n) is 6.41. The third-order valence-corrected chi connectivity index (χ3v) is 4.26. The van der Waals surface area contributed by atoms with E-state index in [9.17, 15) is 9.00 Å². The largest absolute Gasteiger partial charge is 0.354 e. The van der Waals surface area contributed by atoms with Crippen LogP contribution in [-0.4, -0.2) is 46.9 Å². The van der Waals surface area contributed by atoms with E-state index in [1.54, 1.807) is 0 Å². The lowest BCUT2D eigenvalue weighted by atomic mass is 10.3. The van der Waals surface area contributed by atoms with Crippen molar-refractivity contribution in [1.82, 2.24) is 10.2 Å². The molecule has 19 heavy (non-hydrogen) atoms. The summed E-state index contributed by atoms with van der Waals surface area (Å²) in [5.74, 6) is 0.419. The molecule has 1 aromatic rings. The molecule has 1 aromatic carbocycles. The Bertz CT molecular complexity index is 421. The molecule has 0 spiro atoms. The Balaban J connectivity index is 2.27. The van der Waals surface area contributed by atoms with Gasteiger partial charge < -0.3 is 5.32 Å². The maximum atomic E-state index is 11.9. The SMILES string of the molecule is CC(C)N(C)CC(=O)NCC[S@@](=O)c1ccccc1. The molecule has 0 radical (unpaired) electrons. The Hall–Kier alpha value is -1.20. The molecule has 1 atom stereocenters. The Morgan fingerprint density at radius 2 is 1.95 bits per heavy atom. The zero-order chi connectivity index (χ0) is 14.3. The van der Waals surface area contributed by atoms with Crippen LogP contribution in [0.5, 0.6) is 0 Å². The summed E-state index contributed by atoms with van der Waals surface area (Å²) in [6, 6.07) is 9.63. The average Bonchev–Trinajstić information content (AvgIpc) is 2.39. The fraction of sp³-hybridized carbons (Fsp3) is 0.500. The van der Waals surface area contributed by atoms with E-state index in [2.05, 4.69) is 5.32 Å². The number of carbonyl (C=O) groups is 1. The van der Waals surface area contributed by atoms with Gasteiger partial charge in [0.15, 0.2) is 0 Å². The Labute approximate surface area is 117 Å². The van der Waals surface area contributed by atoms with Crippen molar-refractivity contribution in [3.8, 4) is 0 Å². The average molecular weight is 282 g/mol. The molecule has 0 saturated carbocycles. The lowest BCUT2D eigenvalue weighted by Gasteiger charge is -2.20. The minimum Gasteiger partial charge on any atom is -0.354 e. The smallest absolute Gasteiger partial charge is 0.234 e. The molecule has 5 heteroatoms. The zero-order valence-corrected chi connectivity index (χ0v) is 12.6. The summed E-state index contributed by atoms with van der Waals surface area (Å²) in [6.45, 7) is 4.89. The van der Waals surface area contributed by atoms with E-state index in [1.807, 2.05) is 56.1 Å². The highest BCUT2D eigenvalue weighted by atomic mass is 32.2. The summed E-state index contributed by atoms with van der Waals surface area (Å²) in [5.41, 5.74) is 0. The van der Waals surface area contributed by atoms with Gasteiger partial charge in [-0.15, -0.1) is 0 Å². The number of nitrogens with zero attached hydrogens (tertiary/aromatic N) is 1. The van der Waals surface area contributed by atoms with Crippen molar-refractivity contribution in [2.24, 2.45) is 0 Å². The third kappa shape index (κ3) is 5.98. The highest BCUT2D eigenvalue weighted by molar-refractivity contribution is 7.85. The number of benzene rings is 1. The van der Waals surface area contributed by atoms with Gasteiger partial charge in [-0.3, -0.25) is 13.9 Å². The van der Waals surface area contributed by atoms with E-state index < -0.39 is 10.8 Å². The third-order valence-electron chi connectivity index (χ3n) is 2.89. The van der Waals surface area contributed by atoms with E-state index in [-0.39, 0.29) is 5.91 Å². The number of hydrogen-bond acceptors (Lipinski definition) is 3. The number of nitrogens with one attached hydrogen (secondary N) is 1. The van der Waals surface area contributed by atoms with Crippen molar-refractivity contribution in [2.75, 3.05) is 25.9 Å². The summed E-state index contributed by atoms with van der Waals surface area (Å²) in [5, 5.41) is 2.80. The van der Waals surface area contributed by atoms with E-state index >= 15 is 0 Å². The number of amides is 1. The van der Waals surface area contributed by atoms with Crippen LogP contribution in [-0.2, 0) is 15.6 Å². The first kappa shape index (κ1) is 15.9. The van der Waals surface area contributed by atoms with Crippen LogP contribution in [0.3, 0.4) is 0 Å². The number of carbonyl (C=O) groups excluding carboxylic acids is 1. The van der Waals surface area contributed by atoms with Crippen LogP contribution in [0.1, 0.15) is 13.8 Å². The monoisotopic (exact) mass is 282 g/mol. The van der Waals surface area contributed by atoms with E-state index in [4.69, 9.17) is 0 Å². The summed E-state index contributed by atoms with van der Waals surface area (Å²) >= 11 is 0. The van der Waals surface area contributed by atoms with Crippen LogP contribution < -0.4 is 5.32 Å². The van der Waals surface area contributed by atoms with Gasteiger partial charge >= 0.3 is 0 Å². The topological polar surface area (TPSA) is 49.4 Å². The lowest BCUT2D eigenvalue weighted by Crippen LogP contribution is -2.39. The molecular weight excluding hydrogens is 260 g/mol. The normalized spacial score (nSPS) is 12.7. The molecule has 0 aliphatic rings. The highest BCUT2D eigenvalue weighted by Crippen LogP contribution is 2.04. The van der Waals surface area contributed by atoms with Crippen LogP contribution in [0.2, 0.25) is 0 Å². The van der Waals surface area contributed by atoms with Crippen LogP contribution in [0.25, 0.3) is 0 Å². The van der Waals surface area contributed by atoms with Crippen molar-refractivity contribution < 1.29 is 9.00 Å². The predicted octanol–water partition coefficient (Wildman–Crippen LogP) is 1.25. The van der Waals surface area contributed by atoms with E-state index in [1.165, 1.54) is 0 Å². The Kier molecular flexibility index (Phi) is 6.73. The number of likely N-dealkylation sites (N-methyl/N-ethyl adjacent to an activating group) is 1. The summed E-state index contributed by atoms with van der Waals surface area (Å²) < 4.78 is 11.9. The fourth-order valence-corrected chi connectivity index (χ4v) is 2.42. The molecule has 0 aromatic heterocycles. The van der Waals surface area contributed by atoms with Crippen LogP contribution in [0, 0.1) is 0 Å². The van der Waals surface area contributed by atoms with Gasteiger partial charge in [-0.25, -0.2) is 0 Å². The molecule has 0 heterocycles. The first-order valence-corrected chi connectivity index (χ1v) is 7.73. The summed E-state index contributed by atoms with van der Waals surface area (Å²) in [6.07, 6.45) is 0. The Morgan fingerprint density at radius 3 is 2.53 bits per heavy atom. The van der Waals surface area contributed by atoms with E-state index in [0.29, 0.717) is 24.9 Å². The van der Waals surface area contributed by atoms with Crippen LogP contribution in [0.15, 0.2) is 35.2 Å². The lowest BCUT2D eigenvalue weighted by molar-refractivity contribution is -0.122. The Morgan fingerprint density at radius 1 is 1.32 bits per heavy atom. The predicted molar refractivity (Wildman–Crippen MR) is 78.5 cm³/mol. The fourth-order valence-electron chi connectivity index (χ4n) is 1.44. The standard InChI is InChI=1S/C14H22N2O2S/c1-12(2)16(3)11-14(17)15-9-10-19(18)13-7-5-4-6-8-13/h4-8,12H,9-11H2,1-3H3,(H,15,17)/t19-/m1/s1. The number of rotatable bonds is 7. The van der Waals surface area contributed by atoms with Crippen molar-refractivity contribution in [2.45, 2.75) is 24.8 Å². The first-order chi connectivity index (χ1) is 9.00. The van der Waals surface area contributed by atoms with E-state index in [0.717, 1.165) is 4.90 Å². The minimum absolute atomic E-state index is 0.0266. The van der Waals surface area contributed by atoms with Gasteiger partial charge in [0, 0.05) is 23.2 Å². The zero-order valence-electron chi connectivity index (χ0n) is 11.8. The number of hydrogen-bond donors (Lipinski definition) is 1. The molecular formula is C14H22N2O2S. The van der Waals surface area contributed by atoms with Crippen molar-refractivity contribution in [3.63, 3.8) is 0 Å². The quantitative estimate of drug-likeness (QED) is 0.819. The van der Waals surface area contributed by atoms with Crippen molar-refractivity contribution in [1.29, 1.82) is 0 Å². The van der Waals surface area contributed by atoms with Gasteiger partial charge in [0.1, 0.15) is 0 Å².